The van der Waals surface area contributed by atoms with E-state index in [9.17, 15) is 4.79 Å². The molecule has 2 aliphatic rings. The predicted molar refractivity (Wildman–Crippen MR) is 83.8 cm³/mol. The van der Waals surface area contributed by atoms with Crippen LogP contribution in [0.1, 0.15) is 59.8 Å². The monoisotopic (exact) mass is 303 g/mol. The largest absolute Gasteiger partial charge is 0.294 e. The Kier molecular flexibility index (Phi) is 2.70. The number of carbonyl (C=O) groups is 1. The molecule has 2 nitrogen and oxygen atoms in total. The highest BCUT2D eigenvalue weighted by Gasteiger charge is 2.40. The summed E-state index contributed by atoms with van der Waals surface area (Å²) in [6, 6.07) is 0. The Balaban J connectivity index is 1.93. The minimum atomic E-state index is 0.0813. The number of thiophene rings is 1. The molecule has 4 heteroatoms. The van der Waals surface area contributed by atoms with Gasteiger partial charge in [0.1, 0.15) is 5.01 Å². The second-order valence-electron chi connectivity index (χ2n) is 6.70. The Morgan fingerprint density at radius 3 is 2.75 bits per heavy atom. The third-order valence-electron chi connectivity index (χ3n) is 4.18. The van der Waals surface area contributed by atoms with Gasteiger partial charge in [-0.2, -0.15) is 0 Å². The number of thiazole rings is 1. The lowest BCUT2D eigenvalue weighted by Crippen LogP contribution is -2.26. The van der Waals surface area contributed by atoms with E-state index in [2.05, 4.69) is 18.8 Å². The molecule has 2 aromatic heterocycles. The van der Waals surface area contributed by atoms with Crippen molar-refractivity contribution in [2.24, 2.45) is 5.41 Å². The highest BCUT2D eigenvalue weighted by atomic mass is 32.1. The zero-order valence-electron chi connectivity index (χ0n) is 11.7. The number of fused-ring (bicyclic) bond motifs is 1. The molecule has 4 rings (SSSR count). The summed E-state index contributed by atoms with van der Waals surface area (Å²) in [6.07, 6.45) is 6.06. The summed E-state index contributed by atoms with van der Waals surface area (Å²) in [5.41, 5.74) is 2.44. The summed E-state index contributed by atoms with van der Waals surface area (Å²) in [6.45, 7) is 4.40. The number of carbonyl (C=O) groups excluding carboxylic acids is 1. The minimum Gasteiger partial charge on any atom is -0.294 e. The van der Waals surface area contributed by atoms with E-state index in [-0.39, 0.29) is 5.41 Å². The fraction of sp³-hybridized carbons (Fsp3) is 0.500. The van der Waals surface area contributed by atoms with Crippen molar-refractivity contribution in [3.05, 3.63) is 27.6 Å². The Hall–Kier alpha value is -1.00. The van der Waals surface area contributed by atoms with Gasteiger partial charge in [0.15, 0.2) is 5.78 Å². The summed E-state index contributed by atoms with van der Waals surface area (Å²) in [7, 11) is 0. The number of rotatable bonds is 2. The molecule has 0 N–H and O–H groups in total. The lowest BCUT2D eigenvalue weighted by Gasteiger charge is -2.29. The van der Waals surface area contributed by atoms with Gasteiger partial charge in [0.05, 0.1) is 4.88 Å². The van der Waals surface area contributed by atoms with Crippen molar-refractivity contribution in [2.75, 3.05) is 0 Å². The van der Waals surface area contributed by atoms with Gasteiger partial charge < -0.3 is 0 Å². The van der Waals surface area contributed by atoms with Crippen molar-refractivity contribution in [3.63, 3.8) is 0 Å². The summed E-state index contributed by atoms with van der Waals surface area (Å²) in [4.78, 5) is 19.7. The summed E-state index contributed by atoms with van der Waals surface area (Å²) in [5.74, 6) is 1.00. The Labute approximate surface area is 126 Å². The van der Waals surface area contributed by atoms with Gasteiger partial charge in [-0.1, -0.05) is 13.8 Å². The average molecular weight is 303 g/mol. The van der Waals surface area contributed by atoms with Gasteiger partial charge in [0.2, 0.25) is 0 Å². The van der Waals surface area contributed by atoms with Crippen LogP contribution in [-0.4, -0.2) is 10.8 Å². The number of hydrogen-bond donors (Lipinski definition) is 0. The van der Waals surface area contributed by atoms with E-state index in [0.29, 0.717) is 18.1 Å². The lowest BCUT2D eigenvalue weighted by molar-refractivity contribution is 0.0912. The van der Waals surface area contributed by atoms with Gasteiger partial charge in [-0.15, -0.1) is 22.7 Å². The van der Waals surface area contributed by atoms with Gasteiger partial charge in [-0.05, 0) is 36.2 Å². The number of ketones is 1. The van der Waals surface area contributed by atoms with Gasteiger partial charge in [0, 0.05) is 28.4 Å². The molecule has 0 radical (unpaired) electrons. The smallest absolute Gasteiger partial charge is 0.164 e. The van der Waals surface area contributed by atoms with Crippen LogP contribution in [0, 0.1) is 5.41 Å². The molecule has 2 aromatic rings. The molecular weight excluding hydrogens is 286 g/mol. The van der Waals surface area contributed by atoms with Crippen LogP contribution in [0.15, 0.2) is 11.6 Å². The van der Waals surface area contributed by atoms with Crippen molar-refractivity contribution in [1.82, 2.24) is 4.98 Å². The van der Waals surface area contributed by atoms with E-state index in [1.54, 1.807) is 11.3 Å². The summed E-state index contributed by atoms with van der Waals surface area (Å²) in [5, 5.41) is 3.11. The molecule has 2 aliphatic carbocycles. The zero-order chi connectivity index (χ0) is 13.9. The second-order valence-corrected chi connectivity index (χ2v) is 8.65. The molecule has 1 fully saturated rings. The molecule has 0 aromatic carbocycles. The third-order valence-corrected chi connectivity index (χ3v) is 6.50. The van der Waals surface area contributed by atoms with Crippen LogP contribution in [0.4, 0.5) is 0 Å². The minimum absolute atomic E-state index is 0.0813. The van der Waals surface area contributed by atoms with E-state index in [0.717, 1.165) is 17.0 Å². The van der Waals surface area contributed by atoms with Crippen LogP contribution < -0.4 is 0 Å². The number of aromatic nitrogens is 1. The van der Waals surface area contributed by atoms with E-state index in [4.69, 9.17) is 0 Å². The highest BCUT2D eigenvalue weighted by Crippen LogP contribution is 2.53. The van der Waals surface area contributed by atoms with E-state index >= 15 is 0 Å². The molecule has 2 heterocycles. The fourth-order valence-corrected chi connectivity index (χ4v) is 5.44. The maximum Gasteiger partial charge on any atom is 0.164 e. The van der Waals surface area contributed by atoms with Crippen molar-refractivity contribution in [1.29, 1.82) is 0 Å². The normalized spacial score (nSPS) is 21.0. The van der Waals surface area contributed by atoms with Gasteiger partial charge >= 0.3 is 0 Å². The molecule has 0 amide bonds. The van der Waals surface area contributed by atoms with Crippen molar-refractivity contribution < 1.29 is 4.79 Å². The molecule has 0 saturated heterocycles. The SMILES string of the molecule is CC1(C)CC(=O)c2c(C3CC3)sc(-c3nccs3)c2C1. The average Bonchev–Trinajstić information content (AvgIpc) is 2.93. The highest BCUT2D eigenvalue weighted by molar-refractivity contribution is 7.21. The van der Waals surface area contributed by atoms with Crippen molar-refractivity contribution >= 4 is 28.5 Å². The van der Waals surface area contributed by atoms with Gasteiger partial charge in [-0.3, -0.25) is 4.79 Å². The van der Waals surface area contributed by atoms with Crippen molar-refractivity contribution in [2.45, 2.75) is 45.4 Å². The van der Waals surface area contributed by atoms with Crippen LogP contribution in [0.5, 0.6) is 0 Å². The standard InChI is InChI=1S/C16H17NOS2/c1-16(2)7-10-12(11(18)8-16)13(9-3-4-9)20-14(10)15-17-5-6-19-15/h5-6,9H,3-4,7-8H2,1-2H3. The summed E-state index contributed by atoms with van der Waals surface area (Å²) < 4.78 is 0. The number of Topliss-reactive ketones (excluding diaryl/α,β-unsaturated/α-hetero) is 1. The Morgan fingerprint density at radius 2 is 2.10 bits per heavy atom. The van der Waals surface area contributed by atoms with Gasteiger partial charge in [0.25, 0.3) is 0 Å². The number of hydrogen-bond acceptors (Lipinski definition) is 4. The zero-order valence-corrected chi connectivity index (χ0v) is 13.4. The molecule has 104 valence electrons. The molecule has 0 unspecified atom stereocenters. The fourth-order valence-electron chi connectivity index (χ4n) is 3.16. The van der Waals surface area contributed by atoms with E-state index < -0.39 is 0 Å². The second kappa shape index (κ2) is 4.25. The van der Waals surface area contributed by atoms with Crippen LogP contribution >= 0.6 is 22.7 Å². The molecule has 0 spiro atoms. The lowest BCUT2D eigenvalue weighted by atomic mass is 9.73. The predicted octanol–water partition coefficient (Wildman–Crippen LogP) is 4.90. The first kappa shape index (κ1) is 12.7. The summed E-state index contributed by atoms with van der Waals surface area (Å²) >= 11 is 3.52. The molecule has 0 atom stereocenters. The Morgan fingerprint density at radius 1 is 1.30 bits per heavy atom. The maximum absolute atomic E-state index is 12.6. The number of nitrogens with zero attached hydrogens (tertiary/aromatic N) is 1. The van der Waals surface area contributed by atoms with Crippen LogP contribution in [0.2, 0.25) is 0 Å². The van der Waals surface area contributed by atoms with Gasteiger partial charge in [-0.25, -0.2) is 4.98 Å². The van der Waals surface area contributed by atoms with Crippen LogP contribution in [-0.2, 0) is 6.42 Å². The molecular formula is C16H17NOS2. The van der Waals surface area contributed by atoms with E-state index in [1.165, 1.54) is 28.2 Å². The molecule has 20 heavy (non-hydrogen) atoms. The molecule has 0 aliphatic heterocycles. The van der Waals surface area contributed by atoms with Crippen molar-refractivity contribution in [3.8, 4) is 9.88 Å². The first-order chi connectivity index (χ1) is 9.55. The quantitative estimate of drug-likeness (QED) is 0.789. The van der Waals surface area contributed by atoms with Crippen LogP contribution in [0.25, 0.3) is 9.88 Å². The molecule has 0 bridgehead atoms. The molecule has 1 saturated carbocycles. The Bertz CT molecular complexity index is 678. The van der Waals surface area contributed by atoms with Crippen LogP contribution in [0.3, 0.4) is 0 Å². The van der Waals surface area contributed by atoms with E-state index in [1.807, 2.05) is 22.9 Å². The first-order valence-corrected chi connectivity index (χ1v) is 8.83. The maximum atomic E-state index is 12.6. The topological polar surface area (TPSA) is 30.0 Å². The third kappa shape index (κ3) is 1.97. The first-order valence-electron chi connectivity index (χ1n) is 7.14.